The SMILES string of the molecule is CN1CCC(NC(=O)[C@@H]2CCCCN2)C1=O. The van der Waals surface area contributed by atoms with Crippen LogP contribution in [0.25, 0.3) is 0 Å². The Balaban J connectivity index is 1.84. The molecule has 2 aliphatic heterocycles. The molecule has 2 heterocycles. The van der Waals surface area contributed by atoms with Gasteiger partial charge in [-0.15, -0.1) is 0 Å². The zero-order chi connectivity index (χ0) is 11.5. The van der Waals surface area contributed by atoms with Gasteiger partial charge in [0, 0.05) is 13.6 Å². The molecule has 2 fully saturated rings. The summed E-state index contributed by atoms with van der Waals surface area (Å²) < 4.78 is 0. The molecule has 16 heavy (non-hydrogen) atoms. The molecular weight excluding hydrogens is 206 g/mol. The van der Waals surface area contributed by atoms with E-state index in [1.807, 2.05) is 0 Å². The van der Waals surface area contributed by atoms with Crippen molar-refractivity contribution in [3.63, 3.8) is 0 Å². The molecule has 2 aliphatic rings. The van der Waals surface area contributed by atoms with E-state index < -0.39 is 0 Å². The summed E-state index contributed by atoms with van der Waals surface area (Å²) in [5.41, 5.74) is 0. The monoisotopic (exact) mass is 225 g/mol. The largest absolute Gasteiger partial charge is 0.344 e. The molecule has 2 rings (SSSR count). The van der Waals surface area contributed by atoms with Gasteiger partial charge in [-0.05, 0) is 25.8 Å². The number of piperidine rings is 1. The number of hydrogen-bond acceptors (Lipinski definition) is 3. The smallest absolute Gasteiger partial charge is 0.244 e. The molecular formula is C11H19N3O2. The second kappa shape index (κ2) is 4.82. The lowest BCUT2D eigenvalue weighted by Gasteiger charge is -2.23. The van der Waals surface area contributed by atoms with Gasteiger partial charge in [0.1, 0.15) is 6.04 Å². The molecule has 5 heteroatoms. The van der Waals surface area contributed by atoms with Crippen molar-refractivity contribution in [2.75, 3.05) is 20.1 Å². The van der Waals surface area contributed by atoms with Crippen molar-refractivity contribution < 1.29 is 9.59 Å². The lowest BCUT2D eigenvalue weighted by Crippen LogP contribution is -2.51. The summed E-state index contributed by atoms with van der Waals surface area (Å²) >= 11 is 0. The molecule has 0 saturated carbocycles. The van der Waals surface area contributed by atoms with Crippen LogP contribution in [0.5, 0.6) is 0 Å². The van der Waals surface area contributed by atoms with Crippen molar-refractivity contribution >= 4 is 11.8 Å². The fourth-order valence-corrected chi connectivity index (χ4v) is 2.30. The summed E-state index contributed by atoms with van der Waals surface area (Å²) in [7, 11) is 1.77. The normalized spacial score (nSPS) is 30.6. The van der Waals surface area contributed by atoms with E-state index in [1.54, 1.807) is 11.9 Å². The first-order valence-corrected chi connectivity index (χ1v) is 5.97. The molecule has 0 aliphatic carbocycles. The van der Waals surface area contributed by atoms with E-state index in [-0.39, 0.29) is 23.9 Å². The van der Waals surface area contributed by atoms with Crippen molar-refractivity contribution in [2.45, 2.75) is 37.8 Å². The van der Waals surface area contributed by atoms with E-state index in [0.717, 1.165) is 38.8 Å². The lowest BCUT2D eigenvalue weighted by molar-refractivity contribution is -0.132. The quantitative estimate of drug-likeness (QED) is 0.664. The minimum absolute atomic E-state index is 0.0200. The fraction of sp³-hybridized carbons (Fsp3) is 0.818. The van der Waals surface area contributed by atoms with Crippen molar-refractivity contribution in [3.8, 4) is 0 Å². The minimum atomic E-state index is -0.304. The standard InChI is InChI=1S/C11H19N3O2/c1-14-7-5-9(11(14)16)13-10(15)8-4-2-3-6-12-8/h8-9,12H,2-7H2,1H3,(H,13,15)/t8-,9?/m0/s1. The molecule has 2 N–H and O–H groups in total. The van der Waals surface area contributed by atoms with Gasteiger partial charge in [-0.1, -0.05) is 6.42 Å². The molecule has 2 atom stereocenters. The van der Waals surface area contributed by atoms with E-state index >= 15 is 0 Å². The van der Waals surface area contributed by atoms with Gasteiger partial charge >= 0.3 is 0 Å². The molecule has 5 nitrogen and oxygen atoms in total. The van der Waals surface area contributed by atoms with Crippen LogP contribution >= 0.6 is 0 Å². The molecule has 90 valence electrons. The van der Waals surface area contributed by atoms with Crippen molar-refractivity contribution in [2.24, 2.45) is 0 Å². The first kappa shape index (κ1) is 11.4. The van der Waals surface area contributed by atoms with Crippen molar-refractivity contribution in [1.29, 1.82) is 0 Å². The van der Waals surface area contributed by atoms with E-state index in [2.05, 4.69) is 10.6 Å². The third-order valence-corrected chi connectivity index (χ3v) is 3.37. The highest BCUT2D eigenvalue weighted by Crippen LogP contribution is 2.11. The third-order valence-electron chi connectivity index (χ3n) is 3.37. The highest BCUT2D eigenvalue weighted by atomic mass is 16.2. The summed E-state index contributed by atoms with van der Waals surface area (Å²) in [6.45, 7) is 1.64. The second-order valence-electron chi connectivity index (χ2n) is 4.61. The second-order valence-corrected chi connectivity index (χ2v) is 4.61. The van der Waals surface area contributed by atoms with Gasteiger partial charge in [-0.3, -0.25) is 9.59 Å². The topological polar surface area (TPSA) is 61.4 Å². The number of nitrogens with zero attached hydrogens (tertiary/aromatic N) is 1. The minimum Gasteiger partial charge on any atom is -0.344 e. The summed E-state index contributed by atoms with van der Waals surface area (Å²) in [4.78, 5) is 25.1. The van der Waals surface area contributed by atoms with Gasteiger partial charge in [0.15, 0.2) is 0 Å². The van der Waals surface area contributed by atoms with Crippen molar-refractivity contribution in [1.82, 2.24) is 15.5 Å². The Morgan fingerprint density at radius 2 is 2.25 bits per heavy atom. The van der Waals surface area contributed by atoms with Gasteiger partial charge in [0.25, 0.3) is 0 Å². The summed E-state index contributed by atoms with van der Waals surface area (Å²) in [5.74, 6) is 0.0116. The number of likely N-dealkylation sites (N-methyl/N-ethyl adjacent to an activating group) is 1. The van der Waals surface area contributed by atoms with Crippen LogP contribution in [-0.4, -0.2) is 48.9 Å². The Morgan fingerprint density at radius 3 is 2.81 bits per heavy atom. The van der Waals surface area contributed by atoms with E-state index in [0.29, 0.717) is 0 Å². The van der Waals surface area contributed by atoms with Gasteiger partial charge in [-0.2, -0.15) is 0 Å². The fourth-order valence-electron chi connectivity index (χ4n) is 2.30. The maximum absolute atomic E-state index is 11.9. The Kier molecular flexibility index (Phi) is 3.43. The molecule has 1 unspecified atom stereocenters. The molecule has 0 aromatic heterocycles. The Hall–Kier alpha value is -1.10. The van der Waals surface area contributed by atoms with Crippen LogP contribution < -0.4 is 10.6 Å². The third kappa shape index (κ3) is 2.35. The van der Waals surface area contributed by atoms with Crippen molar-refractivity contribution in [3.05, 3.63) is 0 Å². The Bertz CT molecular complexity index is 287. The zero-order valence-electron chi connectivity index (χ0n) is 9.66. The van der Waals surface area contributed by atoms with E-state index in [1.165, 1.54) is 0 Å². The average molecular weight is 225 g/mol. The van der Waals surface area contributed by atoms with Gasteiger partial charge < -0.3 is 15.5 Å². The van der Waals surface area contributed by atoms with Gasteiger partial charge in [-0.25, -0.2) is 0 Å². The molecule has 0 aromatic carbocycles. The van der Waals surface area contributed by atoms with E-state index in [4.69, 9.17) is 0 Å². The van der Waals surface area contributed by atoms with Crippen LogP contribution in [0.4, 0.5) is 0 Å². The lowest BCUT2D eigenvalue weighted by atomic mass is 10.0. The van der Waals surface area contributed by atoms with Crippen LogP contribution in [0.15, 0.2) is 0 Å². The molecule has 0 aromatic rings. The predicted octanol–water partition coefficient (Wildman–Crippen LogP) is -0.525. The van der Waals surface area contributed by atoms with Crippen LogP contribution in [0.2, 0.25) is 0 Å². The first-order chi connectivity index (χ1) is 7.68. The maximum atomic E-state index is 11.9. The highest BCUT2D eigenvalue weighted by molar-refractivity contribution is 5.90. The molecule has 0 bridgehead atoms. The Labute approximate surface area is 95.6 Å². The summed E-state index contributed by atoms with van der Waals surface area (Å²) in [6, 6.07) is -0.409. The van der Waals surface area contributed by atoms with Crippen LogP contribution in [0.1, 0.15) is 25.7 Å². The molecule has 2 saturated heterocycles. The highest BCUT2D eigenvalue weighted by Gasteiger charge is 2.32. The van der Waals surface area contributed by atoms with Gasteiger partial charge in [0.05, 0.1) is 6.04 Å². The van der Waals surface area contributed by atoms with Crippen LogP contribution in [-0.2, 0) is 9.59 Å². The summed E-state index contributed by atoms with van der Waals surface area (Å²) in [5, 5.41) is 6.02. The average Bonchev–Trinajstić information content (AvgIpc) is 2.62. The number of likely N-dealkylation sites (tertiary alicyclic amines) is 1. The number of carbonyl (C=O) groups is 2. The van der Waals surface area contributed by atoms with Crippen LogP contribution in [0, 0.1) is 0 Å². The number of hydrogen-bond donors (Lipinski definition) is 2. The Morgan fingerprint density at radius 1 is 1.44 bits per heavy atom. The van der Waals surface area contributed by atoms with Crippen LogP contribution in [0.3, 0.4) is 0 Å². The number of amides is 2. The number of carbonyl (C=O) groups excluding carboxylic acids is 2. The molecule has 2 amide bonds. The molecule has 0 radical (unpaired) electrons. The number of nitrogens with one attached hydrogen (secondary N) is 2. The summed E-state index contributed by atoms with van der Waals surface area (Å²) in [6.07, 6.45) is 3.83. The molecule has 0 spiro atoms. The first-order valence-electron chi connectivity index (χ1n) is 5.97. The van der Waals surface area contributed by atoms with Gasteiger partial charge in [0.2, 0.25) is 11.8 Å². The maximum Gasteiger partial charge on any atom is 0.244 e. The number of rotatable bonds is 2. The van der Waals surface area contributed by atoms with E-state index in [9.17, 15) is 9.59 Å². The zero-order valence-corrected chi connectivity index (χ0v) is 9.66. The predicted molar refractivity (Wildman–Crippen MR) is 59.8 cm³/mol.